The molecule has 0 saturated heterocycles. The van der Waals surface area contributed by atoms with Crippen LogP contribution in [0.1, 0.15) is 0 Å². The highest BCUT2D eigenvalue weighted by Crippen LogP contribution is 2.32. The zero-order chi connectivity index (χ0) is 27.9. The van der Waals surface area contributed by atoms with Crippen LogP contribution in [0.5, 0.6) is 0 Å². The molecule has 0 bridgehead atoms. The summed E-state index contributed by atoms with van der Waals surface area (Å²) in [6, 6.07) is 49.7. The summed E-state index contributed by atoms with van der Waals surface area (Å²) in [5.74, 6) is 0.690. The number of pyridine rings is 2. The minimum Gasteiger partial charge on any atom is -0.245 e. The van der Waals surface area contributed by atoms with E-state index in [1.54, 1.807) is 0 Å². The molecule has 3 aromatic heterocycles. The molecule has 0 saturated carbocycles. The number of benzene rings is 5. The third-order valence-electron chi connectivity index (χ3n) is 7.66. The number of para-hydroxylation sites is 1. The van der Waals surface area contributed by atoms with Gasteiger partial charge in [-0.1, -0.05) is 121 Å². The summed E-state index contributed by atoms with van der Waals surface area (Å²) in [6.07, 6.45) is 0. The second-order valence-corrected chi connectivity index (χ2v) is 10.3. The second kappa shape index (κ2) is 10.0. The zero-order valence-corrected chi connectivity index (χ0v) is 22.6. The van der Waals surface area contributed by atoms with E-state index in [-0.39, 0.29) is 0 Å². The average molecular weight is 537 g/mol. The van der Waals surface area contributed by atoms with Crippen molar-refractivity contribution < 1.29 is 0 Å². The first kappa shape index (κ1) is 24.1. The summed E-state index contributed by atoms with van der Waals surface area (Å²) >= 11 is 0. The van der Waals surface area contributed by atoms with Crippen LogP contribution >= 0.6 is 0 Å². The zero-order valence-electron chi connectivity index (χ0n) is 22.6. The molecule has 42 heavy (non-hydrogen) atoms. The first-order valence-electron chi connectivity index (χ1n) is 14.0. The molecule has 0 radical (unpaired) electrons. The van der Waals surface area contributed by atoms with Gasteiger partial charge in [0.05, 0.1) is 33.6 Å². The Kier molecular flexibility index (Phi) is 5.75. The van der Waals surface area contributed by atoms with E-state index in [0.717, 1.165) is 72.0 Å². The van der Waals surface area contributed by atoms with Crippen LogP contribution in [0.25, 0.3) is 77.9 Å². The van der Waals surface area contributed by atoms with Crippen LogP contribution < -0.4 is 0 Å². The van der Waals surface area contributed by atoms with Crippen molar-refractivity contribution in [3.8, 4) is 45.2 Å². The largest absolute Gasteiger partial charge is 0.245 e. The third kappa shape index (κ3) is 4.27. The molecule has 8 rings (SSSR count). The number of fused-ring (bicyclic) bond motifs is 4. The highest BCUT2D eigenvalue weighted by atomic mass is 14.9. The molecule has 0 fully saturated rings. The number of rotatable bonds is 4. The van der Waals surface area contributed by atoms with Gasteiger partial charge in [0, 0.05) is 38.4 Å². The van der Waals surface area contributed by atoms with Crippen molar-refractivity contribution in [2.45, 2.75) is 0 Å². The monoisotopic (exact) mass is 536 g/mol. The molecular weight excluding hydrogens is 512 g/mol. The van der Waals surface area contributed by atoms with E-state index < -0.39 is 0 Å². The molecule has 5 aromatic carbocycles. The van der Waals surface area contributed by atoms with Gasteiger partial charge in [0.1, 0.15) is 0 Å². The first-order chi connectivity index (χ1) is 20.8. The van der Waals surface area contributed by atoms with Gasteiger partial charge in [0.15, 0.2) is 5.82 Å². The van der Waals surface area contributed by atoms with E-state index in [0.29, 0.717) is 5.82 Å². The average Bonchev–Trinajstić information content (AvgIpc) is 3.08. The van der Waals surface area contributed by atoms with Gasteiger partial charge in [-0.25, -0.2) is 19.9 Å². The highest BCUT2D eigenvalue weighted by Gasteiger charge is 2.13. The van der Waals surface area contributed by atoms with Gasteiger partial charge in [0.2, 0.25) is 0 Å². The van der Waals surface area contributed by atoms with Gasteiger partial charge in [-0.05, 0) is 24.3 Å². The summed E-state index contributed by atoms with van der Waals surface area (Å²) < 4.78 is 0. The Bertz CT molecular complexity index is 2240. The Morgan fingerprint density at radius 2 is 0.905 bits per heavy atom. The molecule has 196 valence electrons. The maximum atomic E-state index is 5.15. The molecule has 0 N–H and O–H groups in total. The van der Waals surface area contributed by atoms with E-state index in [1.165, 1.54) is 0 Å². The topological polar surface area (TPSA) is 51.6 Å². The lowest BCUT2D eigenvalue weighted by molar-refractivity contribution is 1.23. The standard InChI is InChI=1S/C38H24N4/c1-3-10-25(11-4-1)32-22-20-27-18-19-28-21-23-33(40-37(28)36(27)39-32)29-14-9-15-30(24-29)38-41-34-17-8-7-16-31(34)35(42-38)26-12-5-2-6-13-26/h1-24H. The quantitative estimate of drug-likeness (QED) is 0.210. The summed E-state index contributed by atoms with van der Waals surface area (Å²) in [7, 11) is 0. The smallest absolute Gasteiger partial charge is 0.160 e. The van der Waals surface area contributed by atoms with Gasteiger partial charge in [-0.3, -0.25) is 0 Å². The normalized spacial score (nSPS) is 11.3. The minimum absolute atomic E-state index is 0.690. The van der Waals surface area contributed by atoms with Crippen LogP contribution in [0.15, 0.2) is 146 Å². The van der Waals surface area contributed by atoms with Crippen molar-refractivity contribution in [2.75, 3.05) is 0 Å². The molecule has 0 aliphatic heterocycles. The van der Waals surface area contributed by atoms with E-state index in [4.69, 9.17) is 19.9 Å². The van der Waals surface area contributed by atoms with Crippen LogP contribution in [0.2, 0.25) is 0 Å². The third-order valence-corrected chi connectivity index (χ3v) is 7.66. The van der Waals surface area contributed by atoms with Gasteiger partial charge in [0.25, 0.3) is 0 Å². The second-order valence-electron chi connectivity index (χ2n) is 10.3. The Labute approximate surface area is 243 Å². The van der Waals surface area contributed by atoms with Gasteiger partial charge >= 0.3 is 0 Å². The summed E-state index contributed by atoms with van der Waals surface area (Å²) in [6.45, 7) is 0. The van der Waals surface area contributed by atoms with Crippen LogP contribution in [-0.2, 0) is 0 Å². The lowest BCUT2D eigenvalue weighted by Gasteiger charge is -2.11. The number of hydrogen-bond acceptors (Lipinski definition) is 4. The Hall–Kier alpha value is -5.74. The van der Waals surface area contributed by atoms with Crippen molar-refractivity contribution in [3.63, 3.8) is 0 Å². The molecule has 0 aliphatic carbocycles. The molecule has 4 heteroatoms. The van der Waals surface area contributed by atoms with Crippen LogP contribution in [0, 0.1) is 0 Å². The van der Waals surface area contributed by atoms with E-state index in [9.17, 15) is 0 Å². The first-order valence-corrected chi connectivity index (χ1v) is 14.0. The fourth-order valence-electron chi connectivity index (χ4n) is 5.54. The Balaban J connectivity index is 1.26. The van der Waals surface area contributed by atoms with Crippen molar-refractivity contribution >= 4 is 32.7 Å². The van der Waals surface area contributed by atoms with Crippen molar-refractivity contribution in [1.82, 2.24) is 19.9 Å². The predicted molar refractivity (Wildman–Crippen MR) is 172 cm³/mol. The maximum Gasteiger partial charge on any atom is 0.160 e. The van der Waals surface area contributed by atoms with E-state index in [1.807, 2.05) is 60.7 Å². The maximum absolute atomic E-state index is 5.15. The van der Waals surface area contributed by atoms with Gasteiger partial charge in [-0.2, -0.15) is 0 Å². The van der Waals surface area contributed by atoms with Crippen LogP contribution in [-0.4, -0.2) is 19.9 Å². The van der Waals surface area contributed by atoms with Gasteiger partial charge in [-0.15, -0.1) is 0 Å². The molecular formula is C38H24N4. The van der Waals surface area contributed by atoms with Crippen molar-refractivity contribution in [3.05, 3.63) is 146 Å². The SMILES string of the molecule is c1ccc(-c2ccc3ccc4ccc(-c5cccc(-c6nc(-c7ccccc7)c7ccccc7n6)c5)nc4c3n2)cc1. The summed E-state index contributed by atoms with van der Waals surface area (Å²) in [4.78, 5) is 20.2. The Morgan fingerprint density at radius 1 is 0.357 bits per heavy atom. The predicted octanol–water partition coefficient (Wildman–Crippen LogP) is 9.39. The summed E-state index contributed by atoms with van der Waals surface area (Å²) in [5.41, 5.74) is 9.56. The Morgan fingerprint density at radius 3 is 1.62 bits per heavy atom. The molecule has 4 nitrogen and oxygen atoms in total. The fraction of sp³-hybridized carbons (Fsp3) is 0. The molecule has 8 aromatic rings. The van der Waals surface area contributed by atoms with E-state index >= 15 is 0 Å². The molecule has 0 unspecified atom stereocenters. The number of hydrogen-bond donors (Lipinski definition) is 0. The van der Waals surface area contributed by atoms with Crippen LogP contribution in [0.3, 0.4) is 0 Å². The van der Waals surface area contributed by atoms with Crippen molar-refractivity contribution in [2.24, 2.45) is 0 Å². The molecule has 0 spiro atoms. The lowest BCUT2D eigenvalue weighted by atomic mass is 10.0. The lowest BCUT2D eigenvalue weighted by Crippen LogP contribution is -1.95. The molecule has 3 heterocycles. The van der Waals surface area contributed by atoms with Crippen molar-refractivity contribution in [1.29, 1.82) is 0 Å². The molecule has 0 aliphatic rings. The fourth-order valence-corrected chi connectivity index (χ4v) is 5.54. The molecule has 0 amide bonds. The van der Waals surface area contributed by atoms with E-state index in [2.05, 4.69) is 84.9 Å². The highest BCUT2D eigenvalue weighted by molar-refractivity contribution is 6.04. The van der Waals surface area contributed by atoms with Gasteiger partial charge < -0.3 is 0 Å². The minimum atomic E-state index is 0.690. The van der Waals surface area contributed by atoms with Crippen LogP contribution in [0.4, 0.5) is 0 Å². The number of nitrogens with zero attached hydrogens (tertiary/aromatic N) is 4. The summed E-state index contributed by atoms with van der Waals surface area (Å²) in [5, 5.41) is 3.16. The molecule has 0 atom stereocenters. The number of aromatic nitrogens is 4.